The van der Waals surface area contributed by atoms with Gasteiger partial charge in [-0.3, -0.25) is 9.59 Å². The summed E-state index contributed by atoms with van der Waals surface area (Å²) in [6, 6.07) is 0. The summed E-state index contributed by atoms with van der Waals surface area (Å²) in [5, 5.41) is 42.5. The third-order valence-corrected chi connectivity index (χ3v) is 10.3. The Balaban J connectivity index is 1.77. The van der Waals surface area contributed by atoms with Crippen molar-refractivity contribution in [3.63, 3.8) is 0 Å². The minimum Gasteiger partial charge on any atom is -0.481 e. The number of carbonyl (C=O) groups excluding carboxylic acids is 1. The van der Waals surface area contributed by atoms with Gasteiger partial charge in [0.25, 0.3) is 0 Å². The predicted molar refractivity (Wildman–Crippen MR) is 140 cm³/mol. The largest absolute Gasteiger partial charge is 0.481 e. The minimum absolute atomic E-state index is 0.0781. The van der Waals surface area contributed by atoms with E-state index in [-0.39, 0.29) is 23.0 Å². The van der Waals surface area contributed by atoms with Crippen LogP contribution < -0.4 is 0 Å². The molecule has 3 aliphatic carbocycles. The number of hydrogen-bond acceptors (Lipinski definition) is 5. The van der Waals surface area contributed by atoms with E-state index in [9.17, 15) is 30.0 Å². The summed E-state index contributed by atoms with van der Waals surface area (Å²) in [4.78, 5) is 24.8. The molecule has 3 aliphatic rings. The lowest BCUT2D eigenvalue weighted by atomic mass is 9.56. The molecule has 0 aromatic carbocycles. The Labute approximate surface area is 216 Å². The van der Waals surface area contributed by atoms with Gasteiger partial charge in [-0.15, -0.1) is 0 Å². The first kappa shape index (κ1) is 29.1. The zero-order chi connectivity index (χ0) is 27.0. The molecule has 6 nitrogen and oxygen atoms in total. The molecule has 0 unspecified atom stereocenters. The monoisotopic (exact) mass is 504 g/mol. The number of carbonyl (C=O) groups is 2. The molecule has 1 fully saturated rings. The van der Waals surface area contributed by atoms with E-state index in [1.165, 1.54) is 0 Å². The van der Waals surface area contributed by atoms with Crippen LogP contribution in [0.2, 0.25) is 0 Å². The highest BCUT2D eigenvalue weighted by molar-refractivity contribution is 5.98. The van der Waals surface area contributed by atoms with Gasteiger partial charge in [-0.05, 0) is 99.0 Å². The Morgan fingerprint density at radius 1 is 1.25 bits per heavy atom. The second kappa shape index (κ2) is 11.1. The fraction of sp³-hybridized carbons (Fsp3) is 0.800. The van der Waals surface area contributed by atoms with E-state index in [0.29, 0.717) is 49.5 Å². The SMILES string of the molecule is C=C(CC[C@@H](C)[C@H]1CC[C@H]2C3=C(C[C@H]([C@@](C)(O)[C@H](O)CCCC)C[C@@H]3O)C(=O)C[C@]12C)[C@@H](C)C(=O)O. The van der Waals surface area contributed by atoms with Crippen LogP contribution in [0.25, 0.3) is 0 Å². The zero-order valence-corrected chi connectivity index (χ0v) is 22.9. The highest BCUT2D eigenvalue weighted by atomic mass is 16.4. The molecule has 0 heterocycles. The average molecular weight is 505 g/mol. The van der Waals surface area contributed by atoms with Crippen LogP contribution in [0.4, 0.5) is 0 Å². The number of hydrogen-bond donors (Lipinski definition) is 4. The van der Waals surface area contributed by atoms with Gasteiger partial charge in [0.15, 0.2) is 5.78 Å². The summed E-state index contributed by atoms with van der Waals surface area (Å²) in [5.41, 5.74) is 0.744. The predicted octanol–water partition coefficient (Wildman–Crippen LogP) is 5.05. The number of unbranched alkanes of at least 4 members (excludes halogenated alkanes) is 1. The number of allylic oxidation sites excluding steroid dienone is 1. The lowest BCUT2D eigenvalue weighted by molar-refractivity contribution is -0.140. The molecule has 0 amide bonds. The molecule has 9 atom stereocenters. The summed E-state index contributed by atoms with van der Waals surface area (Å²) in [6.07, 6.45) is 5.24. The van der Waals surface area contributed by atoms with Crippen molar-refractivity contribution in [2.24, 2.45) is 35.0 Å². The number of Topliss-reactive ketones (excluding diaryl/α,β-unsaturated/α-hetero) is 1. The van der Waals surface area contributed by atoms with Crippen LogP contribution >= 0.6 is 0 Å². The molecule has 204 valence electrons. The van der Waals surface area contributed by atoms with E-state index in [2.05, 4.69) is 20.4 Å². The number of aliphatic hydroxyl groups excluding tert-OH is 2. The van der Waals surface area contributed by atoms with Gasteiger partial charge in [-0.25, -0.2) is 0 Å². The third-order valence-electron chi connectivity index (χ3n) is 10.3. The Hall–Kier alpha value is -1.50. The molecule has 0 bridgehead atoms. The number of fused-ring (bicyclic) bond motifs is 2. The summed E-state index contributed by atoms with van der Waals surface area (Å²) < 4.78 is 0. The minimum atomic E-state index is -1.35. The van der Waals surface area contributed by atoms with E-state index >= 15 is 0 Å². The molecule has 3 rings (SSSR count). The smallest absolute Gasteiger partial charge is 0.310 e. The van der Waals surface area contributed by atoms with Gasteiger partial charge in [0.1, 0.15) is 0 Å². The van der Waals surface area contributed by atoms with E-state index in [0.717, 1.165) is 43.3 Å². The van der Waals surface area contributed by atoms with Crippen molar-refractivity contribution in [1.82, 2.24) is 0 Å². The standard InChI is InChI=1S/C30H48O6/c1-7-8-9-26(33)30(6,36)20-14-21-25(32)16-29(5)22(12-13-23(29)27(21)24(31)15-20)18(3)11-10-17(2)19(4)28(34)35/h18-20,22-24,26,31,33,36H,2,7-16H2,1,3-6H3,(H,34,35)/t18-,19-,20+,22-,23+,24+,26-,29-,30-/m1/s1. The van der Waals surface area contributed by atoms with E-state index < -0.39 is 29.7 Å². The number of aliphatic hydroxyl groups is 3. The highest BCUT2D eigenvalue weighted by Crippen LogP contribution is 2.61. The van der Waals surface area contributed by atoms with E-state index in [1.807, 2.05) is 6.92 Å². The van der Waals surface area contributed by atoms with Gasteiger partial charge in [-0.2, -0.15) is 0 Å². The van der Waals surface area contributed by atoms with Crippen LogP contribution in [-0.4, -0.2) is 50.0 Å². The molecule has 0 saturated heterocycles. The molecular formula is C30H48O6. The van der Waals surface area contributed by atoms with Gasteiger partial charge >= 0.3 is 5.97 Å². The van der Waals surface area contributed by atoms with Crippen LogP contribution in [0.15, 0.2) is 23.3 Å². The van der Waals surface area contributed by atoms with Crippen LogP contribution in [0, 0.1) is 35.0 Å². The van der Waals surface area contributed by atoms with Crippen molar-refractivity contribution in [2.75, 3.05) is 0 Å². The van der Waals surface area contributed by atoms with Crippen molar-refractivity contribution in [1.29, 1.82) is 0 Å². The molecule has 0 radical (unpaired) electrons. The fourth-order valence-electron chi connectivity index (χ4n) is 7.59. The van der Waals surface area contributed by atoms with E-state index in [4.69, 9.17) is 0 Å². The molecule has 6 heteroatoms. The average Bonchev–Trinajstić information content (AvgIpc) is 3.16. The number of aliphatic carboxylic acids is 1. The third kappa shape index (κ3) is 5.37. The van der Waals surface area contributed by atoms with Crippen molar-refractivity contribution in [3.05, 3.63) is 23.3 Å². The molecule has 4 N–H and O–H groups in total. The van der Waals surface area contributed by atoms with Crippen LogP contribution in [0.3, 0.4) is 0 Å². The van der Waals surface area contributed by atoms with Gasteiger partial charge in [-0.1, -0.05) is 45.8 Å². The first-order valence-electron chi connectivity index (χ1n) is 14.0. The van der Waals surface area contributed by atoms with Crippen molar-refractivity contribution < 1.29 is 30.0 Å². The first-order valence-corrected chi connectivity index (χ1v) is 14.0. The molecule has 36 heavy (non-hydrogen) atoms. The van der Waals surface area contributed by atoms with Crippen LogP contribution in [0.1, 0.15) is 98.8 Å². The van der Waals surface area contributed by atoms with Crippen LogP contribution in [0.5, 0.6) is 0 Å². The topological polar surface area (TPSA) is 115 Å². The second-order valence-corrected chi connectivity index (χ2v) is 12.5. The van der Waals surface area contributed by atoms with Gasteiger partial charge < -0.3 is 20.4 Å². The number of ketones is 1. The van der Waals surface area contributed by atoms with E-state index in [1.54, 1.807) is 13.8 Å². The molecule has 0 aromatic heterocycles. The van der Waals surface area contributed by atoms with Gasteiger partial charge in [0, 0.05) is 6.42 Å². The molecule has 0 aliphatic heterocycles. The lowest BCUT2D eigenvalue weighted by Crippen LogP contribution is -2.51. The number of carboxylic acids is 1. The molecule has 1 saturated carbocycles. The normalized spacial score (nSPS) is 34.4. The maximum atomic E-state index is 13.5. The maximum Gasteiger partial charge on any atom is 0.310 e. The molecule has 0 spiro atoms. The quantitative estimate of drug-likeness (QED) is 0.293. The summed E-state index contributed by atoms with van der Waals surface area (Å²) >= 11 is 0. The van der Waals surface area contributed by atoms with Crippen molar-refractivity contribution in [2.45, 2.75) is 117 Å². The van der Waals surface area contributed by atoms with Gasteiger partial charge in [0.05, 0.1) is 23.7 Å². The Bertz CT molecular complexity index is 888. The Morgan fingerprint density at radius 3 is 2.53 bits per heavy atom. The van der Waals surface area contributed by atoms with Crippen molar-refractivity contribution in [3.8, 4) is 0 Å². The Kier molecular flexibility index (Phi) is 8.95. The first-order chi connectivity index (χ1) is 16.7. The highest BCUT2D eigenvalue weighted by Gasteiger charge is 2.57. The summed E-state index contributed by atoms with van der Waals surface area (Å²) in [6.45, 7) is 13.8. The number of carboxylic acid groups (broad SMARTS) is 1. The second-order valence-electron chi connectivity index (χ2n) is 12.5. The summed E-state index contributed by atoms with van der Waals surface area (Å²) in [7, 11) is 0. The molecular weight excluding hydrogens is 456 g/mol. The van der Waals surface area contributed by atoms with Crippen LogP contribution in [-0.2, 0) is 9.59 Å². The number of rotatable bonds is 11. The fourth-order valence-corrected chi connectivity index (χ4v) is 7.59. The summed E-state index contributed by atoms with van der Waals surface area (Å²) in [5.74, 6) is -0.910. The Morgan fingerprint density at radius 2 is 1.92 bits per heavy atom. The lowest BCUT2D eigenvalue weighted by Gasteiger charge is -2.49. The zero-order valence-electron chi connectivity index (χ0n) is 22.9. The van der Waals surface area contributed by atoms with Gasteiger partial charge in [0.2, 0.25) is 0 Å². The maximum absolute atomic E-state index is 13.5. The van der Waals surface area contributed by atoms with Crippen molar-refractivity contribution >= 4 is 11.8 Å². The molecule has 0 aromatic rings.